The van der Waals surface area contributed by atoms with Crippen LogP contribution < -0.4 is 0 Å². The molecule has 12 nitrogen and oxygen atoms in total. The van der Waals surface area contributed by atoms with Gasteiger partial charge in [-0.05, 0) is 0 Å². The van der Waals surface area contributed by atoms with Gasteiger partial charge in [-0.15, -0.1) is 0 Å². The maximum atomic E-state index is 8.96. The Morgan fingerprint density at radius 2 is 0.458 bits per heavy atom. The fourth-order valence-corrected chi connectivity index (χ4v) is 1.34. The summed E-state index contributed by atoms with van der Waals surface area (Å²) in [4.78, 5) is 0. The summed E-state index contributed by atoms with van der Waals surface area (Å²) >= 11 is 0. The van der Waals surface area contributed by atoms with Crippen LogP contribution in [0.1, 0.15) is 0 Å². The van der Waals surface area contributed by atoms with Crippen LogP contribution in [0.3, 0.4) is 0 Å². The molecule has 0 aliphatic rings. The van der Waals surface area contributed by atoms with Crippen molar-refractivity contribution in [3.05, 3.63) is 0 Å². The standard InChI is InChI=1S/2C6H14O6/c2*7-1-3(9)5(11)6(12)4(10)2-8/h2*3-12H,1-2H2/t2*3-,4-,5-,6-/m10/s1. The molecule has 0 aromatic heterocycles. The summed E-state index contributed by atoms with van der Waals surface area (Å²) in [7, 11) is 0. The molecule has 12 N–H and O–H groups in total. The molecule has 0 rings (SSSR count). The van der Waals surface area contributed by atoms with Gasteiger partial charge < -0.3 is 61.3 Å². The minimum absolute atomic E-state index is 0.726. The van der Waals surface area contributed by atoms with E-state index in [2.05, 4.69) is 0 Å². The van der Waals surface area contributed by atoms with Crippen molar-refractivity contribution < 1.29 is 61.3 Å². The molecule has 8 atom stereocenters. The van der Waals surface area contributed by atoms with Gasteiger partial charge in [0.1, 0.15) is 48.8 Å². The van der Waals surface area contributed by atoms with E-state index in [9.17, 15) is 0 Å². The predicted octanol–water partition coefficient (Wildman–Crippen LogP) is -7.17. The third-order valence-electron chi connectivity index (χ3n) is 3.02. The fourth-order valence-electron chi connectivity index (χ4n) is 1.34. The molecule has 0 spiro atoms. The van der Waals surface area contributed by atoms with E-state index in [0.717, 1.165) is 0 Å². The Morgan fingerprint density at radius 1 is 0.333 bits per heavy atom. The first-order valence-electron chi connectivity index (χ1n) is 6.96. The van der Waals surface area contributed by atoms with Gasteiger partial charge in [0.05, 0.1) is 26.4 Å². The lowest BCUT2D eigenvalue weighted by atomic mass is 10.0. The van der Waals surface area contributed by atoms with E-state index in [1.54, 1.807) is 0 Å². The van der Waals surface area contributed by atoms with Gasteiger partial charge in [-0.2, -0.15) is 0 Å². The van der Waals surface area contributed by atoms with Crippen molar-refractivity contribution >= 4 is 0 Å². The topological polar surface area (TPSA) is 243 Å². The summed E-state index contributed by atoms with van der Waals surface area (Å²) < 4.78 is 0. The van der Waals surface area contributed by atoms with Crippen molar-refractivity contribution in [1.82, 2.24) is 0 Å². The van der Waals surface area contributed by atoms with Gasteiger partial charge in [0.2, 0.25) is 0 Å². The van der Waals surface area contributed by atoms with Gasteiger partial charge >= 0.3 is 0 Å². The van der Waals surface area contributed by atoms with Crippen molar-refractivity contribution in [2.75, 3.05) is 26.4 Å². The average Bonchev–Trinajstić information content (AvgIpc) is 2.62. The second-order valence-corrected chi connectivity index (χ2v) is 4.96. The van der Waals surface area contributed by atoms with Crippen molar-refractivity contribution in [2.45, 2.75) is 48.8 Å². The van der Waals surface area contributed by atoms with Gasteiger partial charge in [0, 0.05) is 0 Å². The largest absolute Gasteiger partial charge is 0.394 e. The van der Waals surface area contributed by atoms with Crippen LogP contribution in [0, 0.1) is 0 Å². The molecule has 24 heavy (non-hydrogen) atoms. The first-order chi connectivity index (χ1) is 11.1. The Kier molecular flexibility index (Phi) is 14.8. The zero-order chi connectivity index (χ0) is 19.4. The van der Waals surface area contributed by atoms with Crippen molar-refractivity contribution in [3.63, 3.8) is 0 Å². The van der Waals surface area contributed by atoms with Gasteiger partial charge in [0.15, 0.2) is 0 Å². The zero-order valence-corrected chi connectivity index (χ0v) is 12.8. The summed E-state index contributed by atoms with van der Waals surface area (Å²) in [5.74, 6) is 0. The van der Waals surface area contributed by atoms with Crippen LogP contribution in [-0.4, -0.2) is 137 Å². The smallest absolute Gasteiger partial charge is 0.111 e. The molecule has 0 bridgehead atoms. The van der Waals surface area contributed by atoms with Gasteiger partial charge in [-0.25, -0.2) is 0 Å². The molecule has 0 amide bonds. The quantitative estimate of drug-likeness (QED) is 0.173. The highest BCUT2D eigenvalue weighted by molar-refractivity contribution is 4.80. The predicted molar refractivity (Wildman–Crippen MR) is 76.4 cm³/mol. The molecule has 0 saturated heterocycles. The van der Waals surface area contributed by atoms with Crippen molar-refractivity contribution in [1.29, 1.82) is 0 Å². The molecular formula is C12H28O12. The Hall–Kier alpha value is -0.480. The Morgan fingerprint density at radius 3 is 0.542 bits per heavy atom. The van der Waals surface area contributed by atoms with Crippen molar-refractivity contribution in [2.24, 2.45) is 0 Å². The van der Waals surface area contributed by atoms with E-state index in [0.29, 0.717) is 0 Å². The maximum absolute atomic E-state index is 8.96. The molecule has 0 heterocycles. The highest BCUT2D eigenvalue weighted by atomic mass is 16.4. The van der Waals surface area contributed by atoms with E-state index in [1.165, 1.54) is 0 Å². The number of hydrogen-bond acceptors (Lipinski definition) is 12. The zero-order valence-electron chi connectivity index (χ0n) is 12.8. The van der Waals surface area contributed by atoms with E-state index in [-0.39, 0.29) is 0 Å². The third kappa shape index (κ3) is 9.12. The fraction of sp³-hybridized carbons (Fsp3) is 1.00. The van der Waals surface area contributed by atoms with Gasteiger partial charge in [-0.1, -0.05) is 0 Å². The second-order valence-electron chi connectivity index (χ2n) is 4.96. The lowest BCUT2D eigenvalue weighted by Crippen LogP contribution is -2.46. The van der Waals surface area contributed by atoms with E-state index in [1.807, 2.05) is 0 Å². The highest BCUT2D eigenvalue weighted by Crippen LogP contribution is 2.04. The molecule has 12 heteroatoms. The van der Waals surface area contributed by atoms with Gasteiger partial charge in [0.25, 0.3) is 0 Å². The lowest BCUT2D eigenvalue weighted by Gasteiger charge is -2.24. The number of aliphatic hydroxyl groups excluding tert-OH is 12. The second kappa shape index (κ2) is 13.8. The Bertz CT molecular complexity index is 237. The van der Waals surface area contributed by atoms with E-state index < -0.39 is 75.3 Å². The molecule has 148 valence electrons. The Balaban J connectivity index is 0. The van der Waals surface area contributed by atoms with Crippen molar-refractivity contribution in [3.8, 4) is 0 Å². The minimum atomic E-state index is -1.67. The highest BCUT2D eigenvalue weighted by Gasteiger charge is 2.30. The van der Waals surface area contributed by atoms with Crippen LogP contribution in [0.25, 0.3) is 0 Å². The molecule has 0 aliphatic carbocycles. The molecule has 0 saturated carbocycles. The summed E-state index contributed by atoms with van der Waals surface area (Å²) in [5, 5.41) is 104. The molecule has 0 unspecified atom stereocenters. The average molecular weight is 364 g/mol. The normalized spacial score (nSPS) is 21.5. The van der Waals surface area contributed by atoms with Crippen LogP contribution in [0.2, 0.25) is 0 Å². The molecular weight excluding hydrogens is 336 g/mol. The first kappa shape index (κ1) is 25.8. The molecule has 0 aromatic carbocycles. The summed E-state index contributed by atoms with van der Waals surface area (Å²) in [6.45, 7) is -2.90. The Labute approximate surface area is 137 Å². The lowest BCUT2D eigenvalue weighted by molar-refractivity contribution is -0.123. The summed E-state index contributed by atoms with van der Waals surface area (Å²) in [6, 6.07) is 0. The SMILES string of the molecule is OC[C@@H](O)[C@@H](O)[C@H](O)[C@H](O)CO.OC[C@H](O)[C@H](O)[C@@H](O)[C@@H](O)CO. The van der Waals surface area contributed by atoms with Crippen LogP contribution in [0.15, 0.2) is 0 Å². The summed E-state index contributed by atoms with van der Waals surface area (Å²) in [5.41, 5.74) is 0. The first-order valence-corrected chi connectivity index (χ1v) is 6.96. The van der Waals surface area contributed by atoms with Crippen LogP contribution >= 0.6 is 0 Å². The number of aliphatic hydroxyl groups is 12. The number of hydrogen-bond donors (Lipinski definition) is 12. The van der Waals surface area contributed by atoms with Crippen LogP contribution in [0.4, 0.5) is 0 Å². The molecule has 0 aromatic rings. The monoisotopic (exact) mass is 364 g/mol. The third-order valence-corrected chi connectivity index (χ3v) is 3.02. The summed E-state index contributed by atoms with van der Waals surface area (Å²) in [6.07, 6.45) is -12.8. The molecule has 0 aliphatic heterocycles. The maximum Gasteiger partial charge on any atom is 0.111 e. The van der Waals surface area contributed by atoms with Crippen LogP contribution in [-0.2, 0) is 0 Å². The molecule has 0 radical (unpaired) electrons. The van der Waals surface area contributed by atoms with Crippen LogP contribution in [0.5, 0.6) is 0 Å². The molecule has 0 fully saturated rings. The number of rotatable bonds is 10. The van der Waals surface area contributed by atoms with Gasteiger partial charge in [-0.3, -0.25) is 0 Å². The van der Waals surface area contributed by atoms with E-state index >= 15 is 0 Å². The minimum Gasteiger partial charge on any atom is -0.394 e. The van der Waals surface area contributed by atoms with E-state index in [4.69, 9.17) is 61.3 Å².